The number of carboxylic acid groups (broad SMARTS) is 1. The van der Waals surface area contributed by atoms with Gasteiger partial charge in [-0.05, 0) is 40.9 Å². The summed E-state index contributed by atoms with van der Waals surface area (Å²) in [6.45, 7) is 0. The summed E-state index contributed by atoms with van der Waals surface area (Å²) in [5.74, 6) is -0.590. The third-order valence-corrected chi connectivity index (χ3v) is 3.80. The van der Waals surface area contributed by atoms with Crippen LogP contribution in [0.25, 0.3) is 0 Å². The van der Waals surface area contributed by atoms with Crippen LogP contribution in [-0.4, -0.2) is 36.7 Å². The van der Waals surface area contributed by atoms with E-state index in [1.54, 1.807) is 6.07 Å². The van der Waals surface area contributed by atoms with Gasteiger partial charge < -0.3 is 19.9 Å². The topological polar surface area (TPSA) is 84.9 Å². The SMILES string of the molecule is COc1cc(C(=O)NC2(C(=O)O)CC2)cc(Br)c1OC. The molecule has 2 rings (SSSR count). The summed E-state index contributed by atoms with van der Waals surface area (Å²) in [5.41, 5.74) is -0.807. The van der Waals surface area contributed by atoms with E-state index in [1.165, 1.54) is 20.3 Å². The second-order valence-corrected chi connectivity index (χ2v) is 5.39. The van der Waals surface area contributed by atoms with Gasteiger partial charge in [0.05, 0.1) is 18.7 Å². The minimum atomic E-state index is -1.11. The van der Waals surface area contributed by atoms with Gasteiger partial charge >= 0.3 is 5.97 Å². The van der Waals surface area contributed by atoms with E-state index in [0.29, 0.717) is 34.4 Å². The fraction of sp³-hybridized carbons (Fsp3) is 0.385. The highest BCUT2D eigenvalue weighted by Gasteiger charge is 2.51. The summed E-state index contributed by atoms with van der Waals surface area (Å²) in [5, 5.41) is 11.6. The van der Waals surface area contributed by atoms with E-state index < -0.39 is 17.4 Å². The Morgan fingerprint density at radius 3 is 2.40 bits per heavy atom. The molecule has 0 aromatic heterocycles. The lowest BCUT2D eigenvalue weighted by Crippen LogP contribution is -2.43. The standard InChI is InChI=1S/C13H14BrNO5/c1-19-9-6-7(5-8(14)10(9)20-2)11(16)15-13(3-4-13)12(17)18/h5-6H,3-4H2,1-2H3,(H,15,16)(H,17,18). The van der Waals surface area contributed by atoms with Crippen molar-refractivity contribution in [1.29, 1.82) is 0 Å². The summed E-state index contributed by atoms with van der Waals surface area (Å²) < 4.78 is 10.9. The van der Waals surface area contributed by atoms with Crippen LogP contribution in [0, 0.1) is 0 Å². The Kier molecular flexibility index (Phi) is 3.89. The molecule has 0 saturated heterocycles. The second-order valence-electron chi connectivity index (χ2n) is 4.53. The molecule has 1 fully saturated rings. The maximum Gasteiger partial charge on any atom is 0.329 e. The normalized spacial score (nSPS) is 15.3. The molecule has 1 aliphatic carbocycles. The van der Waals surface area contributed by atoms with Gasteiger partial charge in [-0.15, -0.1) is 0 Å². The molecule has 1 aliphatic rings. The zero-order valence-electron chi connectivity index (χ0n) is 11.0. The van der Waals surface area contributed by atoms with Crippen LogP contribution >= 0.6 is 15.9 Å². The smallest absolute Gasteiger partial charge is 0.329 e. The van der Waals surface area contributed by atoms with Crippen molar-refractivity contribution < 1.29 is 24.2 Å². The van der Waals surface area contributed by atoms with Gasteiger partial charge in [0, 0.05) is 5.56 Å². The van der Waals surface area contributed by atoms with E-state index in [2.05, 4.69) is 21.2 Å². The van der Waals surface area contributed by atoms with Crippen LogP contribution in [0.5, 0.6) is 11.5 Å². The largest absolute Gasteiger partial charge is 0.493 e. The van der Waals surface area contributed by atoms with Crippen LogP contribution in [-0.2, 0) is 4.79 Å². The van der Waals surface area contributed by atoms with Crippen molar-refractivity contribution >= 4 is 27.8 Å². The maximum absolute atomic E-state index is 12.1. The van der Waals surface area contributed by atoms with Crippen molar-refractivity contribution in [2.24, 2.45) is 0 Å². The Balaban J connectivity index is 2.27. The van der Waals surface area contributed by atoms with Crippen molar-refractivity contribution in [1.82, 2.24) is 5.32 Å². The van der Waals surface area contributed by atoms with Crippen LogP contribution in [0.15, 0.2) is 16.6 Å². The molecule has 0 bridgehead atoms. The molecule has 1 saturated carbocycles. The average molecular weight is 344 g/mol. The molecule has 2 N–H and O–H groups in total. The van der Waals surface area contributed by atoms with Gasteiger partial charge in [-0.25, -0.2) is 4.79 Å². The predicted octanol–water partition coefficient (Wildman–Crippen LogP) is 1.81. The van der Waals surface area contributed by atoms with E-state index in [-0.39, 0.29) is 0 Å². The van der Waals surface area contributed by atoms with Crippen molar-refractivity contribution in [3.05, 3.63) is 22.2 Å². The number of amides is 1. The Hall–Kier alpha value is -1.76. The molecule has 6 nitrogen and oxygen atoms in total. The molecule has 108 valence electrons. The molecule has 0 aliphatic heterocycles. The maximum atomic E-state index is 12.1. The van der Waals surface area contributed by atoms with E-state index in [4.69, 9.17) is 14.6 Å². The number of ether oxygens (including phenoxy) is 2. The molecule has 0 spiro atoms. The number of hydrogen-bond donors (Lipinski definition) is 2. The van der Waals surface area contributed by atoms with Gasteiger partial charge in [0.2, 0.25) is 0 Å². The van der Waals surface area contributed by atoms with Crippen molar-refractivity contribution in [2.75, 3.05) is 14.2 Å². The lowest BCUT2D eigenvalue weighted by atomic mass is 10.1. The van der Waals surface area contributed by atoms with Crippen molar-refractivity contribution in [3.8, 4) is 11.5 Å². The van der Waals surface area contributed by atoms with Crippen LogP contribution in [0.2, 0.25) is 0 Å². The second kappa shape index (κ2) is 5.32. The molecule has 0 heterocycles. The molecule has 1 amide bonds. The zero-order chi connectivity index (χ0) is 14.9. The lowest BCUT2D eigenvalue weighted by Gasteiger charge is -2.15. The Bertz CT molecular complexity index is 568. The monoisotopic (exact) mass is 343 g/mol. The Morgan fingerprint density at radius 1 is 1.30 bits per heavy atom. The summed E-state index contributed by atoms with van der Waals surface area (Å²) >= 11 is 3.29. The molecule has 20 heavy (non-hydrogen) atoms. The first-order valence-corrected chi connectivity index (χ1v) is 6.70. The molecule has 7 heteroatoms. The zero-order valence-corrected chi connectivity index (χ0v) is 12.6. The number of methoxy groups -OCH3 is 2. The van der Waals surface area contributed by atoms with Gasteiger partial charge in [-0.1, -0.05) is 0 Å². The number of benzene rings is 1. The van der Waals surface area contributed by atoms with Gasteiger partial charge in [-0.3, -0.25) is 4.79 Å². The van der Waals surface area contributed by atoms with Crippen LogP contribution in [0.3, 0.4) is 0 Å². The van der Waals surface area contributed by atoms with E-state index in [9.17, 15) is 9.59 Å². The minimum Gasteiger partial charge on any atom is -0.493 e. The average Bonchev–Trinajstić information content (AvgIpc) is 3.18. The number of rotatable bonds is 5. The lowest BCUT2D eigenvalue weighted by molar-refractivity contribution is -0.140. The fourth-order valence-corrected chi connectivity index (χ4v) is 2.46. The van der Waals surface area contributed by atoms with Gasteiger partial charge in [0.25, 0.3) is 5.91 Å². The molecular formula is C13H14BrNO5. The molecule has 0 unspecified atom stereocenters. The first kappa shape index (κ1) is 14.6. The van der Waals surface area contributed by atoms with E-state index in [1.807, 2.05) is 0 Å². The summed E-state index contributed by atoms with van der Waals surface area (Å²) in [6.07, 6.45) is 0.894. The van der Waals surface area contributed by atoms with E-state index >= 15 is 0 Å². The third kappa shape index (κ3) is 2.58. The number of aliphatic carboxylic acids is 1. The summed E-state index contributed by atoms with van der Waals surface area (Å²) in [4.78, 5) is 23.2. The molecule has 0 atom stereocenters. The number of hydrogen-bond acceptors (Lipinski definition) is 4. The Labute approximate surface area is 124 Å². The molecule has 0 radical (unpaired) electrons. The molecular weight excluding hydrogens is 330 g/mol. The minimum absolute atomic E-state index is 0.307. The first-order valence-electron chi connectivity index (χ1n) is 5.91. The number of halogens is 1. The first-order chi connectivity index (χ1) is 9.43. The van der Waals surface area contributed by atoms with Gasteiger partial charge in [0.15, 0.2) is 11.5 Å². The highest BCUT2D eigenvalue weighted by molar-refractivity contribution is 9.10. The molecule has 1 aromatic carbocycles. The molecule has 1 aromatic rings. The van der Waals surface area contributed by atoms with Crippen molar-refractivity contribution in [3.63, 3.8) is 0 Å². The van der Waals surface area contributed by atoms with Crippen molar-refractivity contribution in [2.45, 2.75) is 18.4 Å². The van der Waals surface area contributed by atoms with Gasteiger partial charge in [-0.2, -0.15) is 0 Å². The highest BCUT2D eigenvalue weighted by atomic mass is 79.9. The van der Waals surface area contributed by atoms with Crippen LogP contribution in [0.1, 0.15) is 23.2 Å². The summed E-state index contributed by atoms with van der Waals surface area (Å²) in [7, 11) is 2.96. The van der Waals surface area contributed by atoms with E-state index in [0.717, 1.165) is 0 Å². The number of carbonyl (C=O) groups excluding carboxylic acids is 1. The highest BCUT2D eigenvalue weighted by Crippen LogP contribution is 2.38. The van der Waals surface area contributed by atoms with Crippen LogP contribution in [0.4, 0.5) is 0 Å². The van der Waals surface area contributed by atoms with Gasteiger partial charge in [0.1, 0.15) is 5.54 Å². The number of nitrogens with one attached hydrogen (secondary N) is 1. The van der Waals surface area contributed by atoms with Crippen LogP contribution < -0.4 is 14.8 Å². The summed E-state index contributed by atoms with van der Waals surface area (Å²) in [6, 6.07) is 3.07. The Morgan fingerprint density at radius 2 is 1.95 bits per heavy atom. The third-order valence-electron chi connectivity index (χ3n) is 3.21. The quantitative estimate of drug-likeness (QED) is 0.851. The number of carboxylic acids is 1. The number of carbonyl (C=O) groups is 2. The predicted molar refractivity (Wildman–Crippen MR) is 74.3 cm³/mol. The fourth-order valence-electron chi connectivity index (χ4n) is 1.86.